The molecule has 0 aliphatic carbocycles. The van der Waals surface area contributed by atoms with Crippen LogP contribution in [0, 0.1) is 5.92 Å². The normalized spacial score (nSPS) is 14.5. The number of hydrogen-bond acceptors (Lipinski definition) is 6. The van der Waals surface area contributed by atoms with Crippen LogP contribution in [0.5, 0.6) is 0 Å². The Morgan fingerprint density at radius 2 is 1.74 bits per heavy atom. The van der Waals surface area contributed by atoms with Crippen LogP contribution in [-0.2, 0) is 11.2 Å². The molecule has 0 spiro atoms. The first-order valence-corrected chi connectivity index (χ1v) is 13.3. The van der Waals surface area contributed by atoms with Crippen molar-refractivity contribution in [1.29, 1.82) is 0 Å². The predicted molar refractivity (Wildman–Crippen MR) is 140 cm³/mol. The number of nitrogen functional groups attached to an aromatic ring is 1. The molecule has 1 amide bonds. The number of benzene rings is 2. The number of nitrogens with two attached hydrogens (primary N) is 1. The van der Waals surface area contributed by atoms with Gasteiger partial charge in [-0.15, -0.1) is 11.3 Å². The number of amides is 1. The van der Waals surface area contributed by atoms with Crippen LogP contribution < -0.4 is 11.4 Å². The van der Waals surface area contributed by atoms with E-state index in [1.165, 1.54) is 28.7 Å². The van der Waals surface area contributed by atoms with Crippen molar-refractivity contribution in [2.24, 2.45) is 5.92 Å². The maximum Gasteiger partial charge on any atom is 0.282 e. The molecule has 34 heavy (non-hydrogen) atoms. The van der Waals surface area contributed by atoms with Gasteiger partial charge in [-0.05, 0) is 36.3 Å². The molecule has 6 nitrogen and oxygen atoms in total. The van der Waals surface area contributed by atoms with Gasteiger partial charge < -0.3 is 10.7 Å². The summed E-state index contributed by atoms with van der Waals surface area (Å²) in [7, 11) is 0. The second-order valence-electron chi connectivity index (χ2n) is 8.57. The van der Waals surface area contributed by atoms with Crippen molar-refractivity contribution in [1.82, 2.24) is 14.6 Å². The molecule has 8 heteroatoms. The summed E-state index contributed by atoms with van der Waals surface area (Å²) in [4.78, 5) is 33.0. The minimum Gasteiger partial charge on any atom is -0.342 e. The molecule has 3 heterocycles. The van der Waals surface area contributed by atoms with Gasteiger partial charge in [-0.3, -0.25) is 9.59 Å². The second-order valence-corrected chi connectivity index (χ2v) is 10.4. The molecule has 0 bridgehead atoms. The average molecular weight is 491 g/mol. The molecule has 1 fully saturated rings. The van der Waals surface area contributed by atoms with Gasteiger partial charge in [0.15, 0.2) is 5.16 Å². The molecule has 174 valence electrons. The average Bonchev–Trinajstić information content (AvgIpc) is 3.31. The highest BCUT2D eigenvalue weighted by atomic mass is 32.2. The molecule has 2 aromatic carbocycles. The van der Waals surface area contributed by atoms with Crippen molar-refractivity contribution in [2.75, 3.05) is 24.7 Å². The molecular formula is C26H26N4O2S2. The maximum absolute atomic E-state index is 13.0. The van der Waals surface area contributed by atoms with Gasteiger partial charge in [-0.25, -0.2) is 9.66 Å². The number of aromatic nitrogens is 2. The Bertz CT molecular complexity index is 1340. The lowest BCUT2D eigenvalue weighted by Crippen LogP contribution is -2.40. The number of hydrogen-bond donors (Lipinski definition) is 1. The smallest absolute Gasteiger partial charge is 0.282 e. The van der Waals surface area contributed by atoms with Crippen LogP contribution in [0.3, 0.4) is 0 Å². The molecule has 2 aromatic heterocycles. The highest BCUT2D eigenvalue weighted by molar-refractivity contribution is 7.99. The molecule has 5 rings (SSSR count). The van der Waals surface area contributed by atoms with E-state index in [-0.39, 0.29) is 17.2 Å². The Labute approximate surface area is 206 Å². The van der Waals surface area contributed by atoms with Crippen LogP contribution in [-0.4, -0.2) is 39.3 Å². The van der Waals surface area contributed by atoms with Crippen LogP contribution in [0.4, 0.5) is 0 Å². The number of thioether (sulfide) groups is 1. The lowest BCUT2D eigenvalue weighted by atomic mass is 9.90. The number of thiophene rings is 1. The molecule has 1 aliphatic heterocycles. The van der Waals surface area contributed by atoms with Crippen LogP contribution in [0.1, 0.15) is 18.4 Å². The van der Waals surface area contributed by atoms with E-state index >= 15 is 0 Å². The number of piperidine rings is 1. The van der Waals surface area contributed by atoms with Gasteiger partial charge in [-0.2, -0.15) is 0 Å². The SMILES string of the molecule is Nn1c(SCC(=O)N2CCC(Cc3ccccc3)CC2)nc2scc(-c3ccccc3)c2c1=O. The largest absolute Gasteiger partial charge is 0.342 e. The summed E-state index contributed by atoms with van der Waals surface area (Å²) < 4.78 is 1.07. The highest BCUT2D eigenvalue weighted by Gasteiger charge is 2.24. The van der Waals surface area contributed by atoms with Crippen molar-refractivity contribution < 1.29 is 4.79 Å². The van der Waals surface area contributed by atoms with E-state index in [2.05, 4.69) is 29.2 Å². The maximum atomic E-state index is 13.0. The minimum absolute atomic E-state index is 0.0636. The second kappa shape index (κ2) is 10.0. The van der Waals surface area contributed by atoms with E-state index in [4.69, 9.17) is 5.84 Å². The van der Waals surface area contributed by atoms with Crippen LogP contribution in [0.15, 0.2) is 76.0 Å². The molecular weight excluding hydrogens is 464 g/mol. The van der Waals surface area contributed by atoms with Gasteiger partial charge in [0.05, 0.1) is 11.1 Å². The van der Waals surface area contributed by atoms with Crippen molar-refractivity contribution in [3.8, 4) is 11.1 Å². The van der Waals surface area contributed by atoms with E-state index in [9.17, 15) is 9.59 Å². The summed E-state index contributed by atoms with van der Waals surface area (Å²) in [6.45, 7) is 1.54. The summed E-state index contributed by atoms with van der Waals surface area (Å²) in [5, 5.41) is 2.83. The van der Waals surface area contributed by atoms with Gasteiger partial charge in [0.1, 0.15) is 4.83 Å². The molecule has 0 unspecified atom stereocenters. The Balaban J connectivity index is 1.23. The van der Waals surface area contributed by atoms with E-state index in [1.807, 2.05) is 46.7 Å². The quantitative estimate of drug-likeness (QED) is 0.246. The van der Waals surface area contributed by atoms with E-state index in [0.717, 1.165) is 48.2 Å². The van der Waals surface area contributed by atoms with Crippen molar-refractivity contribution >= 4 is 39.2 Å². The Morgan fingerprint density at radius 3 is 2.44 bits per heavy atom. The van der Waals surface area contributed by atoms with Crippen LogP contribution >= 0.6 is 23.1 Å². The summed E-state index contributed by atoms with van der Waals surface area (Å²) in [6, 6.07) is 20.3. The Kier molecular flexibility index (Phi) is 6.69. The molecule has 0 atom stereocenters. The number of fused-ring (bicyclic) bond motifs is 1. The number of nitrogens with zero attached hydrogens (tertiary/aromatic N) is 3. The topological polar surface area (TPSA) is 81.2 Å². The van der Waals surface area contributed by atoms with Crippen molar-refractivity contribution in [3.63, 3.8) is 0 Å². The minimum atomic E-state index is -0.290. The first-order chi connectivity index (χ1) is 16.6. The van der Waals surface area contributed by atoms with Crippen molar-refractivity contribution in [2.45, 2.75) is 24.4 Å². The third-order valence-corrected chi connectivity index (χ3v) is 8.16. The summed E-state index contributed by atoms with van der Waals surface area (Å²) in [5.74, 6) is 7.00. The molecule has 0 saturated carbocycles. The third kappa shape index (κ3) is 4.74. The number of carbonyl (C=O) groups excluding carboxylic acids is 1. The fourth-order valence-electron chi connectivity index (χ4n) is 4.47. The van der Waals surface area contributed by atoms with E-state index in [1.54, 1.807) is 0 Å². The Morgan fingerprint density at radius 1 is 1.06 bits per heavy atom. The summed E-state index contributed by atoms with van der Waals surface area (Å²) in [6.07, 6.45) is 3.08. The van der Waals surface area contributed by atoms with Crippen molar-refractivity contribution in [3.05, 3.63) is 82.0 Å². The predicted octanol–water partition coefficient (Wildman–Crippen LogP) is 4.41. The first-order valence-electron chi connectivity index (χ1n) is 11.4. The van der Waals surface area contributed by atoms with E-state index in [0.29, 0.717) is 21.3 Å². The fourth-order valence-corrected chi connectivity index (χ4v) is 6.28. The summed E-state index contributed by atoms with van der Waals surface area (Å²) >= 11 is 2.65. The van der Waals surface area contributed by atoms with E-state index < -0.39 is 0 Å². The fraction of sp³-hybridized carbons (Fsp3) is 0.269. The summed E-state index contributed by atoms with van der Waals surface area (Å²) in [5.41, 5.74) is 2.86. The van der Waals surface area contributed by atoms with Gasteiger partial charge in [0, 0.05) is 24.0 Å². The third-order valence-electron chi connectivity index (χ3n) is 6.35. The molecule has 1 aliphatic rings. The van der Waals surface area contributed by atoms with Gasteiger partial charge >= 0.3 is 0 Å². The molecule has 2 N–H and O–H groups in total. The Hall–Kier alpha value is -3.10. The zero-order chi connectivity index (χ0) is 23.5. The monoisotopic (exact) mass is 490 g/mol. The number of rotatable bonds is 6. The highest BCUT2D eigenvalue weighted by Crippen LogP contribution is 2.32. The van der Waals surface area contributed by atoms with Gasteiger partial charge in [-0.1, -0.05) is 72.4 Å². The first kappa shape index (κ1) is 22.7. The lowest BCUT2D eigenvalue weighted by Gasteiger charge is -2.32. The van der Waals surface area contributed by atoms with Crippen LogP contribution in [0.25, 0.3) is 21.3 Å². The zero-order valence-corrected chi connectivity index (χ0v) is 20.4. The molecule has 4 aromatic rings. The lowest BCUT2D eigenvalue weighted by molar-refractivity contribution is -0.129. The standard InChI is InChI=1S/C26H26N4O2S2/c27-30-25(32)23-21(20-9-5-2-6-10-20)16-33-24(23)28-26(30)34-17-22(31)29-13-11-19(12-14-29)15-18-7-3-1-4-8-18/h1-10,16,19H,11-15,17,27H2. The van der Waals surface area contributed by atoms with Gasteiger partial charge in [0.25, 0.3) is 5.56 Å². The van der Waals surface area contributed by atoms with Crippen LogP contribution in [0.2, 0.25) is 0 Å². The molecule has 0 radical (unpaired) electrons. The van der Waals surface area contributed by atoms with Gasteiger partial charge in [0.2, 0.25) is 5.91 Å². The number of likely N-dealkylation sites (tertiary alicyclic amines) is 1. The zero-order valence-electron chi connectivity index (χ0n) is 18.7. The number of carbonyl (C=O) groups is 1. The molecule has 1 saturated heterocycles.